The number of hydrogen-bond donors (Lipinski definition) is 2. The number of fused-ring (bicyclic) bond motifs is 1. The first kappa shape index (κ1) is 28.7. The van der Waals surface area contributed by atoms with Crippen LogP contribution in [-0.4, -0.2) is 42.0 Å². The Morgan fingerprint density at radius 2 is 1.62 bits per heavy atom. The molecule has 2 saturated carbocycles. The Morgan fingerprint density at radius 1 is 1.00 bits per heavy atom. The largest absolute Gasteiger partial charge is 0.416 e. The summed E-state index contributed by atoms with van der Waals surface area (Å²) in [6.45, 7) is 5.63. The molecule has 3 fully saturated rings. The van der Waals surface area contributed by atoms with Crippen molar-refractivity contribution in [1.82, 2.24) is 5.32 Å². The van der Waals surface area contributed by atoms with Gasteiger partial charge in [-0.05, 0) is 86.6 Å². The predicted molar refractivity (Wildman–Crippen MR) is 139 cm³/mol. The number of piperidine rings is 1. The molecule has 9 heteroatoms. The molecular weight excluding hydrogens is 518 g/mol. The Kier molecular flexibility index (Phi) is 7.72. The van der Waals surface area contributed by atoms with Gasteiger partial charge < -0.3 is 10.4 Å². The molecule has 1 aromatic carbocycles. The lowest BCUT2D eigenvalue weighted by molar-refractivity contribution is -0.137. The summed E-state index contributed by atoms with van der Waals surface area (Å²) in [5, 5.41) is 14.7. The summed E-state index contributed by atoms with van der Waals surface area (Å²) in [5.41, 5.74) is 1.10. The molecule has 1 saturated heterocycles. The number of nitrogens with one attached hydrogen (secondary N) is 1. The molecule has 2 heterocycles. The molecule has 4 unspecified atom stereocenters. The standard InChI is InChI=1S/C30H38F6N2O/c1-28(2)15-21-24(22(39)16-28)23(17-7-11-29(32,33)12-8-17)25(27(38-21)19-9-13-37-14-10-19)26(31)18-3-5-20(6-4-18)30(34,35)36/h3-6,17,19,22,25-27,37,39H,7-16H2,1-2H3. The van der Waals surface area contributed by atoms with Gasteiger partial charge in [0, 0.05) is 30.0 Å². The fourth-order valence-corrected chi connectivity index (χ4v) is 7.36. The van der Waals surface area contributed by atoms with E-state index >= 15 is 4.39 Å². The number of hydrogen-bond acceptors (Lipinski definition) is 3. The SMILES string of the molecule is CC1(C)CC2=NC(C3CCNCC3)C(C(F)c3ccc(C(F)(F)F)cc3)C(C3CCC(F)(F)CC3)=C2C(O)C1. The first-order valence-corrected chi connectivity index (χ1v) is 14.1. The highest BCUT2D eigenvalue weighted by Gasteiger charge is 2.50. The molecule has 5 rings (SSSR count). The molecule has 0 radical (unpaired) electrons. The maximum atomic E-state index is 16.8. The Labute approximate surface area is 226 Å². The summed E-state index contributed by atoms with van der Waals surface area (Å²) >= 11 is 0. The molecule has 3 nitrogen and oxygen atoms in total. The maximum Gasteiger partial charge on any atom is 0.416 e. The number of benzene rings is 1. The molecule has 4 aliphatic rings. The van der Waals surface area contributed by atoms with Gasteiger partial charge in [0.2, 0.25) is 5.92 Å². The minimum absolute atomic E-state index is 0.0419. The molecule has 2 N–H and O–H groups in total. The van der Waals surface area contributed by atoms with E-state index in [1.807, 2.05) is 0 Å². The summed E-state index contributed by atoms with van der Waals surface area (Å²) in [5.74, 6) is -3.88. The highest BCUT2D eigenvalue weighted by molar-refractivity contribution is 6.04. The van der Waals surface area contributed by atoms with E-state index in [-0.39, 0.29) is 48.5 Å². The van der Waals surface area contributed by atoms with Gasteiger partial charge in [-0.3, -0.25) is 4.99 Å². The van der Waals surface area contributed by atoms with Gasteiger partial charge in [-0.15, -0.1) is 0 Å². The van der Waals surface area contributed by atoms with E-state index in [9.17, 15) is 27.1 Å². The van der Waals surface area contributed by atoms with Gasteiger partial charge in [0.25, 0.3) is 0 Å². The number of aliphatic hydroxyl groups is 1. The molecule has 216 valence electrons. The number of nitrogens with zero attached hydrogens (tertiary/aromatic N) is 1. The number of dihydropyridines is 1. The smallest absolute Gasteiger partial charge is 0.388 e. The van der Waals surface area contributed by atoms with Crippen molar-refractivity contribution in [3.8, 4) is 0 Å². The van der Waals surface area contributed by atoms with Crippen LogP contribution in [0.1, 0.15) is 82.5 Å². The summed E-state index contributed by atoms with van der Waals surface area (Å²) in [4.78, 5) is 5.13. The lowest BCUT2D eigenvalue weighted by Crippen LogP contribution is -2.47. The first-order chi connectivity index (χ1) is 18.3. The van der Waals surface area contributed by atoms with E-state index in [2.05, 4.69) is 19.2 Å². The van der Waals surface area contributed by atoms with E-state index in [0.29, 0.717) is 24.0 Å². The Hall–Kier alpha value is -1.87. The van der Waals surface area contributed by atoms with Crippen molar-refractivity contribution in [2.45, 2.75) is 95.6 Å². The van der Waals surface area contributed by atoms with Gasteiger partial charge in [0.15, 0.2) is 0 Å². The Bertz CT molecular complexity index is 1090. The van der Waals surface area contributed by atoms with Crippen LogP contribution >= 0.6 is 0 Å². The summed E-state index contributed by atoms with van der Waals surface area (Å²) < 4.78 is 84.9. The van der Waals surface area contributed by atoms with Crippen LogP contribution in [0.4, 0.5) is 26.3 Å². The van der Waals surface area contributed by atoms with Crippen LogP contribution in [-0.2, 0) is 6.18 Å². The van der Waals surface area contributed by atoms with Crippen molar-refractivity contribution in [1.29, 1.82) is 0 Å². The van der Waals surface area contributed by atoms with Gasteiger partial charge in [0.1, 0.15) is 6.17 Å². The normalized spacial score (nSPS) is 31.0. The number of alkyl halides is 6. The summed E-state index contributed by atoms with van der Waals surface area (Å²) in [6, 6.07) is 3.69. The van der Waals surface area contributed by atoms with Crippen LogP contribution in [0.3, 0.4) is 0 Å². The molecule has 0 bridgehead atoms. The van der Waals surface area contributed by atoms with Gasteiger partial charge in [0.05, 0.1) is 17.7 Å². The zero-order valence-corrected chi connectivity index (χ0v) is 22.5. The second kappa shape index (κ2) is 10.5. The lowest BCUT2D eigenvalue weighted by Gasteiger charge is -2.48. The van der Waals surface area contributed by atoms with Gasteiger partial charge >= 0.3 is 6.18 Å². The van der Waals surface area contributed by atoms with E-state index < -0.39 is 41.9 Å². The van der Waals surface area contributed by atoms with E-state index in [0.717, 1.165) is 43.8 Å². The van der Waals surface area contributed by atoms with Crippen LogP contribution in [0.25, 0.3) is 0 Å². The molecule has 2 aliphatic heterocycles. The van der Waals surface area contributed by atoms with Crippen LogP contribution in [0.15, 0.2) is 40.4 Å². The van der Waals surface area contributed by atoms with Crippen molar-refractivity contribution in [2.24, 2.45) is 28.2 Å². The monoisotopic (exact) mass is 556 g/mol. The van der Waals surface area contributed by atoms with Crippen molar-refractivity contribution in [2.75, 3.05) is 13.1 Å². The van der Waals surface area contributed by atoms with Crippen molar-refractivity contribution >= 4 is 5.71 Å². The Morgan fingerprint density at radius 3 is 2.21 bits per heavy atom. The average Bonchev–Trinajstić information content (AvgIpc) is 2.87. The Balaban J connectivity index is 1.62. The lowest BCUT2D eigenvalue weighted by atomic mass is 9.62. The second-order valence-corrected chi connectivity index (χ2v) is 12.8. The average molecular weight is 557 g/mol. The van der Waals surface area contributed by atoms with E-state index in [4.69, 9.17) is 4.99 Å². The zero-order valence-electron chi connectivity index (χ0n) is 22.5. The van der Waals surface area contributed by atoms with Crippen molar-refractivity contribution < 1.29 is 31.4 Å². The topological polar surface area (TPSA) is 44.6 Å². The van der Waals surface area contributed by atoms with E-state index in [1.54, 1.807) is 0 Å². The van der Waals surface area contributed by atoms with Gasteiger partial charge in [-0.1, -0.05) is 31.6 Å². The van der Waals surface area contributed by atoms with Crippen LogP contribution < -0.4 is 5.32 Å². The minimum Gasteiger partial charge on any atom is -0.388 e. The number of halogens is 6. The van der Waals surface area contributed by atoms with Crippen molar-refractivity contribution in [3.63, 3.8) is 0 Å². The molecule has 39 heavy (non-hydrogen) atoms. The molecule has 0 aromatic heterocycles. The third-order valence-corrected chi connectivity index (χ3v) is 9.27. The second-order valence-electron chi connectivity index (χ2n) is 12.8. The van der Waals surface area contributed by atoms with Crippen LogP contribution in [0.2, 0.25) is 0 Å². The van der Waals surface area contributed by atoms with Gasteiger partial charge in [-0.25, -0.2) is 13.2 Å². The minimum atomic E-state index is -4.54. The van der Waals surface area contributed by atoms with E-state index in [1.165, 1.54) is 12.1 Å². The maximum absolute atomic E-state index is 16.8. The number of aliphatic hydroxyl groups excluding tert-OH is 1. The molecule has 1 aromatic rings. The van der Waals surface area contributed by atoms with Gasteiger partial charge in [-0.2, -0.15) is 13.2 Å². The first-order valence-electron chi connectivity index (χ1n) is 14.1. The van der Waals surface area contributed by atoms with Crippen molar-refractivity contribution in [3.05, 3.63) is 46.5 Å². The third-order valence-electron chi connectivity index (χ3n) is 9.27. The predicted octanol–water partition coefficient (Wildman–Crippen LogP) is 7.46. The quantitative estimate of drug-likeness (QED) is 0.378. The third kappa shape index (κ3) is 5.95. The molecular formula is C30H38F6N2O. The summed E-state index contributed by atoms with van der Waals surface area (Å²) in [6.07, 6.45) is -4.72. The number of rotatable bonds is 4. The molecule has 0 amide bonds. The number of aliphatic imine (C=N–C) groups is 1. The molecule has 0 spiro atoms. The molecule has 2 aliphatic carbocycles. The van der Waals surface area contributed by atoms with Crippen LogP contribution in [0, 0.1) is 23.2 Å². The van der Waals surface area contributed by atoms with Crippen LogP contribution in [0.5, 0.6) is 0 Å². The fraction of sp³-hybridized carbons (Fsp3) is 0.700. The highest BCUT2D eigenvalue weighted by atomic mass is 19.4. The molecule has 4 atom stereocenters. The highest BCUT2D eigenvalue weighted by Crippen LogP contribution is 2.53. The summed E-state index contributed by atoms with van der Waals surface area (Å²) in [7, 11) is 0. The fourth-order valence-electron chi connectivity index (χ4n) is 7.36. The zero-order chi connectivity index (χ0) is 28.2.